The highest BCUT2D eigenvalue weighted by atomic mass is 16.5. The summed E-state index contributed by atoms with van der Waals surface area (Å²) < 4.78 is 5.02. The van der Waals surface area contributed by atoms with E-state index in [0.29, 0.717) is 12.3 Å². The van der Waals surface area contributed by atoms with E-state index in [9.17, 15) is 9.90 Å². The molecule has 0 fully saturated rings. The molecule has 0 saturated heterocycles. The van der Waals surface area contributed by atoms with Crippen LogP contribution in [0.4, 0.5) is 0 Å². The Morgan fingerprint density at radius 1 is 1.47 bits per heavy atom. The Bertz CT molecular complexity index is 475. The van der Waals surface area contributed by atoms with Gasteiger partial charge in [0.05, 0.1) is 12.7 Å². The molecule has 0 aromatic heterocycles. The number of rotatable bonds is 4. The fraction of sp³-hybridized carbons (Fsp3) is 0.400. The Hall–Kier alpha value is -1.97. The van der Waals surface area contributed by atoms with Gasteiger partial charge in [-0.25, -0.2) is 0 Å². The van der Waals surface area contributed by atoms with Gasteiger partial charge in [-0.15, -0.1) is 6.58 Å². The first-order valence-electron chi connectivity index (χ1n) is 6.11. The van der Waals surface area contributed by atoms with E-state index in [1.165, 1.54) is 7.11 Å². The SMILES string of the molecule is C=CCN(C(=O)c1cccc(OC)c1O)C(C)(C)C. The molecule has 1 aromatic rings. The van der Waals surface area contributed by atoms with Gasteiger partial charge >= 0.3 is 0 Å². The third-order valence-corrected chi connectivity index (χ3v) is 2.82. The van der Waals surface area contributed by atoms with Crippen LogP contribution in [0.2, 0.25) is 0 Å². The molecular weight excluding hydrogens is 242 g/mol. The zero-order chi connectivity index (χ0) is 14.6. The molecule has 0 bridgehead atoms. The number of carbonyl (C=O) groups is 1. The number of para-hydroxylation sites is 1. The molecule has 1 aromatic carbocycles. The van der Waals surface area contributed by atoms with Crippen molar-refractivity contribution in [3.63, 3.8) is 0 Å². The normalized spacial score (nSPS) is 10.9. The molecule has 1 amide bonds. The van der Waals surface area contributed by atoms with Crippen LogP contribution < -0.4 is 4.74 Å². The van der Waals surface area contributed by atoms with E-state index in [1.807, 2.05) is 20.8 Å². The van der Waals surface area contributed by atoms with Crippen LogP contribution in [-0.4, -0.2) is 35.1 Å². The van der Waals surface area contributed by atoms with Gasteiger partial charge in [-0.3, -0.25) is 4.79 Å². The molecule has 1 rings (SSSR count). The molecule has 0 atom stereocenters. The van der Waals surface area contributed by atoms with Gasteiger partial charge in [-0.05, 0) is 32.9 Å². The van der Waals surface area contributed by atoms with Crippen LogP contribution in [0.3, 0.4) is 0 Å². The van der Waals surface area contributed by atoms with E-state index in [-0.39, 0.29) is 22.8 Å². The second-order valence-electron chi connectivity index (χ2n) is 5.23. The predicted octanol–water partition coefficient (Wildman–Crippen LogP) is 2.83. The minimum atomic E-state index is -0.360. The summed E-state index contributed by atoms with van der Waals surface area (Å²) >= 11 is 0. The minimum absolute atomic E-state index is 0.131. The number of hydrogen-bond acceptors (Lipinski definition) is 3. The van der Waals surface area contributed by atoms with Gasteiger partial charge < -0.3 is 14.7 Å². The average Bonchev–Trinajstić information content (AvgIpc) is 2.34. The van der Waals surface area contributed by atoms with Crippen molar-refractivity contribution in [3.8, 4) is 11.5 Å². The number of phenolic OH excluding ortho intramolecular Hbond substituents is 1. The standard InChI is InChI=1S/C15H21NO3/c1-6-10-16(15(2,3)4)14(18)11-8-7-9-12(19-5)13(11)17/h6-9,17H,1,10H2,2-5H3. The third kappa shape index (κ3) is 3.28. The van der Waals surface area contributed by atoms with Gasteiger partial charge in [0.1, 0.15) is 0 Å². The number of ether oxygens (including phenoxy) is 1. The van der Waals surface area contributed by atoms with Crippen molar-refractivity contribution in [2.24, 2.45) is 0 Å². The topological polar surface area (TPSA) is 49.8 Å². The zero-order valence-electron chi connectivity index (χ0n) is 11.9. The van der Waals surface area contributed by atoms with E-state index < -0.39 is 0 Å². The predicted molar refractivity (Wildman–Crippen MR) is 75.6 cm³/mol. The van der Waals surface area contributed by atoms with Crippen LogP contribution in [-0.2, 0) is 0 Å². The molecule has 0 saturated carbocycles. The quantitative estimate of drug-likeness (QED) is 0.850. The van der Waals surface area contributed by atoms with Crippen molar-refractivity contribution < 1.29 is 14.6 Å². The number of benzene rings is 1. The van der Waals surface area contributed by atoms with E-state index in [0.717, 1.165) is 0 Å². The number of carbonyl (C=O) groups excluding carboxylic acids is 1. The molecule has 0 aliphatic heterocycles. The highest BCUT2D eigenvalue weighted by molar-refractivity contribution is 5.98. The minimum Gasteiger partial charge on any atom is -0.504 e. The lowest BCUT2D eigenvalue weighted by atomic mass is 10.0. The van der Waals surface area contributed by atoms with Gasteiger partial charge in [0, 0.05) is 12.1 Å². The first-order valence-corrected chi connectivity index (χ1v) is 6.11. The Kier molecular flexibility index (Phi) is 4.59. The fourth-order valence-electron chi connectivity index (χ4n) is 1.80. The second-order valence-corrected chi connectivity index (χ2v) is 5.23. The van der Waals surface area contributed by atoms with Crippen molar-refractivity contribution in [1.82, 2.24) is 4.90 Å². The number of phenols is 1. The number of methoxy groups -OCH3 is 1. The Morgan fingerprint density at radius 2 is 2.11 bits per heavy atom. The van der Waals surface area contributed by atoms with Gasteiger partial charge in [0.25, 0.3) is 5.91 Å². The molecule has 0 spiro atoms. The third-order valence-electron chi connectivity index (χ3n) is 2.82. The molecule has 104 valence electrons. The van der Waals surface area contributed by atoms with Gasteiger partial charge in [0.15, 0.2) is 11.5 Å². The van der Waals surface area contributed by atoms with E-state index in [4.69, 9.17) is 4.74 Å². The van der Waals surface area contributed by atoms with Crippen molar-refractivity contribution in [2.45, 2.75) is 26.3 Å². The number of amides is 1. The molecule has 0 unspecified atom stereocenters. The van der Waals surface area contributed by atoms with Crippen molar-refractivity contribution >= 4 is 5.91 Å². The molecular formula is C15H21NO3. The Labute approximate surface area is 114 Å². The van der Waals surface area contributed by atoms with Crippen molar-refractivity contribution in [2.75, 3.05) is 13.7 Å². The summed E-state index contributed by atoms with van der Waals surface area (Å²) in [5.41, 5.74) is -0.128. The van der Waals surface area contributed by atoms with Gasteiger partial charge in [0.2, 0.25) is 0 Å². The lowest BCUT2D eigenvalue weighted by molar-refractivity contribution is 0.0613. The smallest absolute Gasteiger partial charge is 0.258 e. The first kappa shape index (κ1) is 15.1. The molecule has 0 aliphatic rings. The lowest BCUT2D eigenvalue weighted by Crippen LogP contribution is -2.45. The fourth-order valence-corrected chi connectivity index (χ4v) is 1.80. The largest absolute Gasteiger partial charge is 0.504 e. The number of nitrogens with zero attached hydrogens (tertiary/aromatic N) is 1. The van der Waals surface area contributed by atoms with E-state index in [1.54, 1.807) is 29.2 Å². The van der Waals surface area contributed by atoms with Gasteiger partial charge in [-0.2, -0.15) is 0 Å². The molecule has 0 heterocycles. The van der Waals surface area contributed by atoms with Crippen LogP contribution in [0.1, 0.15) is 31.1 Å². The van der Waals surface area contributed by atoms with Crippen LogP contribution >= 0.6 is 0 Å². The lowest BCUT2D eigenvalue weighted by Gasteiger charge is -2.35. The molecule has 1 N–H and O–H groups in total. The highest BCUT2D eigenvalue weighted by Crippen LogP contribution is 2.31. The highest BCUT2D eigenvalue weighted by Gasteiger charge is 2.28. The molecule has 19 heavy (non-hydrogen) atoms. The van der Waals surface area contributed by atoms with Crippen LogP contribution in [0, 0.1) is 0 Å². The molecule has 0 aliphatic carbocycles. The van der Waals surface area contributed by atoms with Gasteiger partial charge in [-0.1, -0.05) is 12.1 Å². The summed E-state index contributed by atoms with van der Waals surface area (Å²) in [5, 5.41) is 10.0. The molecule has 4 nitrogen and oxygen atoms in total. The van der Waals surface area contributed by atoms with E-state index in [2.05, 4.69) is 6.58 Å². The summed E-state index contributed by atoms with van der Waals surface area (Å²) in [6.45, 7) is 9.89. The van der Waals surface area contributed by atoms with Crippen LogP contribution in [0.25, 0.3) is 0 Å². The summed E-state index contributed by atoms with van der Waals surface area (Å²) in [7, 11) is 1.45. The summed E-state index contributed by atoms with van der Waals surface area (Å²) in [6, 6.07) is 4.88. The Balaban J connectivity index is 3.21. The van der Waals surface area contributed by atoms with Crippen molar-refractivity contribution in [3.05, 3.63) is 36.4 Å². The average molecular weight is 263 g/mol. The summed E-state index contributed by atoms with van der Waals surface area (Å²) in [5.74, 6) is -0.0876. The Morgan fingerprint density at radius 3 is 2.58 bits per heavy atom. The zero-order valence-corrected chi connectivity index (χ0v) is 11.9. The monoisotopic (exact) mass is 263 g/mol. The van der Waals surface area contributed by atoms with Crippen LogP contribution in [0.5, 0.6) is 11.5 Å². The maximum absolute atomic E-state index is 12.5. The first-order chi connectivity index (χ1) is 8.82. The molecule has 4 heteroatoms. The number of aromatic hydroxyl groups is 1. The number of hydrogen-bond donors (Lipinski definition) is 1. The van der Waals surface area contributed by atoms with E-state index >= 15 is 0 Å². The summed E-state index contributed by atoms with van der Waals surface area (Å²) in [4.78, 5) is 14.2. The maximum Gasteiger partial charge on any atom is 0.258 e. The maximum atomic E-state index is 12.5. The molecule has 0 radical (unpaired) electrons. The van der Waals surface area contributed by atoms with Crippen LogP contribution in [0.15, 0.2) is 30.9 Å². The summed E-state index contributed by atoms with van der Waals surface area (Å²) in [6.07, 6.45) is 1.67. The van der Waals surface area contributed by atoms with Crippen molar-refractivity contribution in [1.29, 1.82) is 0 Å². The second kappa shape index (κ2) is 5.78.